The molecule has 1 N–H and O–H groups in total. The summed E-state index contributed by atoms with van der Waals surface area (Å²) in [7, 11) is 0. The fourth-order valence-electron chi connectivity index (χ4n) is 3.01. The Balaban J connectivity index is 0.00000100. The second kappa shape index (κ2) is 14.1. The van der Waals surface area contributed by atoms with Crippen molar-refractivity contribution in [3.05, 3.63) is 92.2 Å². The average molecular weight is 518 g/mol. The lowest BCUT2D eigenvalue weighted by atomic mass is 10.1. The van der Waals surface area contributed by atoms with Gasteiger partial charge < -0.3 is 15.2 Å². The van der Waals surface area contributed by atoms with E-state index in [4.69, 9.17) is 33.1 Å². The van der Waals surface area contributed by atoms with E-state index in [2.05, 4.69) is 26.2 Å². The molecule has 0 atom stereocenters. The van der Waals surface area contributed by atoms with Gasteiger partial charge in [-0.3, -0.25) is 10.1 Å². The second-order valence-electron chi connectivity index (χ2n) is 7.45. The number of pyridine rings is 1. The largest absolute Gasteiger partial charge is 0.550 e. The van der Waals surface area contributed by atoms with Crippen molar-refractivity contribution in [3.8, 4) is 0 Å². The fraction of sp³-hybridized carbons (Fsp3) is 0.250. The summed E-state index contributed by atoms with van der Waals surface area (Å²) in [5.74, 6) is -1.08. The summed E-state index contributed by atoms with van der Waals surface area (Å²) in [4.78, 5) is 19.3. The highest BCUT2D eigenvalue weighted by molar-refractivity contribution is 6.39. The van der Waals surface area contributed by atoms with Crippen molar-refractivity contribution >= 4 is 46.2 Å². The molecule has 0 fully saturated rings. The molecule has 11 heteroatoms. The summed E-state index contributed by atoms with van der Waals surface area (Å²) < 4.78 is 2.12. The van der Waals surface area contributed by atoms with Crippen LogP contribution in [-0.4, -0.2) is 24.0 Å². The number of rotatable bonds is 9. The number of nitrogens with one attached hydrogen (secondary N) is 1. The molecule has 0 aliphatic heterocycles. The number of hydrogen-bond acceptors (Lipinski definition) is 7. The smallest absolute Gasteiger partial charge is 0.272 e. The third kappa shape index (κ3) is 9.78. The standard InChI is InChI=1S/C22H22Cl2N5O2.C2H4O2/c1-16-5-6-21(26-27-22-19(23)14-18(29(30)31)15-20(22)24)17(13-16)7-8-25-9-12-28-10-3-2-4-11-28;1-2(3)4/h2-6,10-11,13-15,25H,7-9,12H2,1H3;1H3,(H,3,4)/q+1;/p-1. The van der Waals surface area contributed by atoms with Gasteiger partial charge in [0, 0.05) is 30.2 Å². The highest BCUT2D eigenvalue weighted by atomic mass is 35.5. The molecule has 0 spiro atoms. The maximum absolute atomic E-state index is 10.9. The molecule has 1 heterocycles. The number of carboxylic acids is 1. The van der Waals surface area contributed by atoms with Crippen LogP contribution >= 0.6 is 23.2 Å². The van der Waals surface area contributed by atoms with Crippen molar-refractivity contribution in [2.75, 3.05) is 13.1 Å². The first-order valence-corrected chi connectivity index (χ1v) is 11.4. The molecule has 0 bridgehead atoms. The maximum Gasteiger partial charge on any atom is 0.272 e. The van der Waals surface area contributed by atoms with Crippen LogP contribution in [0.25, 0.3) is 0 Å². The van der Waals surface area contributed by atoms with E-state index in [-0.39, 0.29) is 21.4 Å². The van der Waals surface area contributed by atoms with E-state index in [1.165, 1.54) is 12.1 Å². The number of nitro benzene ring substituents is 1. The van der Waals surface area contributed by atoms with Gasteiger partial charge >= 0.3 is 0 Å². The monoisotopic (exact) mass is 517 g/mol. The number of benzene rings is 2. The summed E-state index contributed by atoms with van der Waals surface area (Å²) in [5, 5.41) is 31.9. The molecule has 0 amide bonds. The third-order valence-corrected chi connectivity index (χ3v) is 5.18. The topological polar surface area (TPSA) is 124 Å². The molecule has 184 valence electrons. The van der Waals surface area contributed by atoms with Gasteiger partial charge in [-0.05, 0) is 38.4 Å². The van der Waals surface area contributed by atoms with E-state index < -0.39 is 10.9 Å². The normalized spacial score (nSPS) is 10.6. The van der Waals surface area contributed by atoms with Crippen LogP contribution in [0.2, 0.25) is 10.0 Å². The van der Waals surface area contributed by atoms with Crippen LogP contribution in [0.15, 0.2) is 71.2 Å². The minimum atomic E-state index is -1.08. The first-order valence-electron chi connectivity index (χ1n) is 10.6. The van der Waals surface area contributed by atoms with E-state index in [1.54, 1.807) is 0 Å². The van der Waals surface area contributed by atoms with Gasteiger partial charge in [0.25, 0.3) is 5.69 Å². The lowest BCUT2D eigenvalue weighted by molar-refractivity contribution is -0.695. The predicted molar refractivity (Wildman–Crippen MR) is 132 cm³/mol. The van der Waals surface area contributed by atoms with Gasteiger partial charge in [0.15, 0.2) is 18.9 Å². The molecule has 3 rings (SSSR count). The molecule has 0 aliphatic rings. The lowest BCUT2D eigenvalue weighted by Crippen LogP contribution is -2.38. The first kappa shape index (κ1) is 27.8. The number of carbonyl (C=O) groups is 1. The van der Waals surface area contributed by atoms with Gasteiger partial charge in [0.2, 0.25) is 0 Å². The van der Waals surface area contributed by atoms with Crippen LogP contribution in [0, 0.1) is 17.0 Å². The van der Waals surface area contributed by atoms with Crippen LogP contribution in [0.1, 0.15) is 18.1 Å². The molecule has 0 saturated heterocycles. The van der Waals surface area contributed by atoms with Gasteiger partial charge in [0.05, 0.1) is 27.2 Å². The number of carbonyl (C=O) groups excluding carboxylic acids is 1. The molecule has 35 heavy (non-hydrogen) atoms. The van der Waals surface area contributed by atoms with E-state index in [0.717, 1.165) is 44.1 Å². The number of aromatic nitrogens is 1. The van der Waals surface area contributed by atoms with E-state index >= 15 is 0 Å². The minimum absolute atomic E-state index is 0.0803. The molecule has 3 aromatic rings. The van der Waals surface area contributed by atoms with Crippen molar-refractivity contribution < 1.29 is 19.4 Å². The van der Waals surface area contributed by atoms with Crippen LogP contribution in [0.4, 0.5) is 17.1 Å². The zero-order valence-electron chi connectivity index (χ0n) is 19.3. The first-order chi connectivity index (χ1) is 16.7. The minimum Gasteiger partial charge on any atom is -0.550 e. The van der Waals surface area contributed by atoms with E-state index in [1.807, 2.05) is 49.6 Å². The average Bonchev–Trinajstić information content (AvgIpc) is 2.79. The Hall–Kier alpha value is -3.40. The predicted octanol–water partition coefficient (Wildman–Crippen LogP) is 4.50. The Bertz CT molecular complexity index is 1160. The van der Waals surface area contributed by atoms with Crippen LogP contribution in [0.3, 0.4) is 0 Å². The Morgan fingerprint density at radius 3 is 2.29 bits per heavy atom. The van der Waals surface area contributed by atoms with E-state index in [0.29, 0.717) is 5.69 Å². The van der Waals surface area contributed by atoms with Crippen molar-refractivity contribution in [2.45, 2.75) is 26.8 Å². The third-order valence-electron chi connectivity index (χ3n) is 4.60. The number of carboxylic acid groups (broad SMARTS) is 1. The van der Waals surface area contributed by atoms with Crippen molar-refractivity contribution in [1.29, 1.82) is 0 Å². The molecule has 9 nitrogen and oxygen atoms in total. The number of non-ortho nitro benzene ring substituents is 1. The fourth-order valence-corrected chi connectivity index (χ4v) is 3.56. The molecule has 0 radical (unpaired) electrons. The molecular formula is C24H25Cl2N5O4. The number of nitrogens with zero attached hydrogens (tertiary/aromatic N) is 4. The quantitative estimate of drug-likeness (QED) is 0.147. The molecule has 1 aromatic heterocycles. The van der Waals surface area contributed by atoms with E-state index in [9.17, 15) is 10.1 Å². The summed E-state index contributed by atoms with van der Waals surface area (Å²) >= 11 is 12.2. The molecule has 0 unspecified atom stereocenters. The zero-order chi connectivity index (χ0) is 25.8. The van der Waals surface area contributed by atoms with Crippen LogP contribution in [-0.2, 0) is 17.8 Å². The van der Waals surface area contributed by atoms with Crippen molar-refractivity contribution in [2.24, 2.45) is 10.2 Å². The van der Waals surface area contributed by atoms with Crippen LogP contribution in [0.5, 0.6) is 0 Å². The Labute approximate surface area is 213 Å². The number of azo groups is 1. The SMILES string of the molecule is CC(=O)[O-].Cc1ccc(N=Nc2c(Cl)cc([N+](=O)[O-])cc2Cl)c(CCNCC[n+]2ccccc2)c1. The lowest BCUT2D eigenvalue weighted by Gasteiger charge is -2.08. The Morgan fingerprint density at radius 1 is 1.06 bits per heavy atom. The zero-order valence-corrected chi connectivity index (χ0v) is 20.8. The summed E-state index contributed by atoms with van der Waals surface area (Å²) in [6.07, 6.45) is 4.85. The van der Waals surface area contributed by atoms with Crippen LogP contribution < -0.4 is 15.0 Å². The van der Waals surface area contributed by atoms with Gasteiger partial charge in [-0.2, -0.15) is 5.11 Å². The number of aryl methyl sites for hydroxylation is 1. The van der Waals surface area contributed by atoms with Gasteiger partial charge in [0.1, 0.15) is 5.69 Å². The van der Waals surface area contributed by atoms with Crippen molar-refractivity contribution in [1.82, 2.24) is 5.32 Å². The highest BCUT2D eigenvalue weighted by Crippen LogP contribution is 2.38. The van der Waals surface area contributed by atoms with Gasteiger partial charge in [-0.1, -0.05) is 47.0 Å². The summed E-state index contributed by atoms with van der Waals surface area (Å²) in [6.45, 7) is 5.52. The molecular weight excluding hydrogens is 493 g/mol. The number of hydrogen-bond donors (Lipinski definition) is 1. The Kier molecular flexibility index (Phi) is 11.2. The maximum atomic E-state index is 10.9. The molecule has 0 saturated carbocycles. The summed E-state index contributed by atoms with van der Waals surface area (Å²) in [5.41, 5.74) is 2.89. The van der Waals surface area contributed by atoms with Crippen molar-refractivity contribution in [3.63, 3.8) is 0 Å². The number of aliphatic carboxylic acids is 1. The second-order valence-corrected chi connectivity index (χ2v) is 8.27. The Morgan fingerprint density at radius 2 is 1.69 bits per heavy atom. The van der Waals surface area contributed by atoms with Gasteiger partial charge in [-0.25, -0.2) is 4.57 Å². The number of halogens is 2. The highest BCUT2D eigenvalue weighted by Gasteiger charge is 2.14. The molecule has 0 aliphatic carbocycles. The summed E-state index contributed by atoms with van der Waals surface area (Å²) in [6, 6.07) is 14.4. The number of nitro groups is 1. The molecule has 2 aromatic carbocycles. The van der Waals surface area contributed by atoms with Gasteiger partial charge in [-0.15, -0.1) is 5.11 Å².